The summed E-state index contributed by atoms with van der Waals surface area (Å²) < 4.78 is 26.6. The molecule has 4 nitrogen and oxygen atoms in total. The quantitative estimate of drug-likeness (QED) is 0.473. The fourth-order valence-corrected chi connectivity index (χ4v) is 3.61. The van der Waals surface area contributed by atoms with Gasteiger partial charge in [-0.15, -0.1) is 0 Å². The van der Waals surface area contributed by atoms with Crippen molar-refractivity contribution in [3.8, 4) is 0 Å². The number of hydrogen-bond donors (Lipinski definition) is 2. The van der Waals surface area contributed by atoms with Gasteiger partial charge in [-0.05, 0) is 51.4 Å². The fourth-order valence-electron chi connectivity index (χ4n) is 3.61. The van der Waals surface area contributed by atoms with Gasteiger partial charge in [-0.2, -0.15) is 0 Å². The zero-order chi connectivity index (χ0) is 21.3. The normalized spacial score (nSPS) is 12.1. The van der Waals surface area contributed by atoms with Gasteiger partial charge in [0.05, 0.1) is 0 Å². The van der Waals surface area contributed by atoms with E-state index in [1.165, 1.54) is 0 Å². The Bertz CT molecular complexity index is 1230. The molecule has 1 atom stereocenters. The predicted octanol–water partition coefficient (Wildman–Crippen LogP) is 4.70. The van der Waals surface area contributed by atoms with Gasteiger partial charge >= 0.3 is 5.97 Å². The van der Waals surface area contributed by atoms with E-state index in [4.69, 9.17) is 0 Å². The summed E-state index contributed by atoms with van der Waals surface area (Å²) in [5.41, 5.74) is 0.643. The number of carboxylic acid groups (broad SMARTS) is 1. The van der Waals surface area contributed by atoms with Crippen molar-refractivity contribution in [2.45, 2.75) is 12.5 Å². The zero-order valence-electron chi connectivity index (χ0n) is 15.7. The molecule has 4 rings (SSSR count). The van der Waals surface area contributed by atoms with Crippen LogP contribution >= 0.6 is 0 Å². The summed E-state index contributed by atoms with van der Waals surface area (Å²) >= 11 is 0. The summed E-state index contributed by atoms with van der Waals surface area (Å²) in [4.78, 5) is 24.4. The first kappa shape index (κ1) is 19.5. The number of carbonyl (C=O) groups excluding carboxylic acids is 1. The van der Waals surface area contributed by atoms with E-state index in [9.17, 15) is 23.5 Å². The molecular formula is C24H17F2NO3. The molecule has 2 N–H and O–H groups in total. The number of rotatable bonds is 5. The SMILES string of the molecule is O=C(N[C@H](Cc1c2ccccc2cc2ccccc12)C(=O)O)c1ccc(F)c(F)c1. The molecule has 0 saturated carbocycles. The Morgan fingerprint density at radius 2 is 1.43 bits per heavy atom. The standard InChI is InChI=1S/C24H17F2NO3/c25-20-10-9-16(12-21(20)26)23(28)27-22(24(29)30)13-19-17-7-3-1-5-14(17)11-15-6-2-4-8-18(15)19/h1-12,22H,13H2,(H,27,28)(H,29,30)/t22-/m1/s1. The van der Waals surface area contributed by atoms with E-state index >= 15 is 0 Å². The van der Waals surface area contributed by atoms with Gasteiger partial charge in [-0.25, -0.2) is 13.6 Å². The highest BCUT2D eigenvalue weighted by atomic mass is 19.2. The number of benzene rings is 4. The van der Waals surface area contributed by atoms with E-state index in [-0.39, 0.29) is 12.0 Å². The Balaban J connectivity index is 1.72. The number of amides is 1. The molecule has 4 aromatic rings. The van der Waals surface area contributed by atoms with Crippen LogP contribution in [0.2, 0.25) is 0 Å². The molecule has 4 aromatic carbocycles. The number of fused-ring (bicyclic) bond motifs is 2. The number of hydrogen-bond acceptors (Lipinski definition) is 2. The van der Waals surface area contributed by atoms with Gasteiger partial charge in [0, 0.05) is 12.0 Å². The first-order valence-corrected chi connectivity index (χ1v) is 9.32. The summed E-state index contributed by atoms with van der Waals surface area (Å²) in [6.45, 7) is 0. The van der Waals surface area contributed by atoms with Crippen LogP contribution in [0.15, 0.2) is 72.8 Å². The van der Waals surface area contributed by atoms with Crippen LogP contribution in [-0.2, 0) is 11.2 Å². The molecule has 1 amide bonds. The van der Waals surface area contributed by atoms with Crippen LogP contribution in [0.3, 0.4) is 0 Å². The molecule has 0 aliphatic rings. The molecule has 0 saturated heterocycles. The van der Waals surface area contributed by atoms with Crippen LogP contribution < -0.4 is 5.32 Å². The molecule has 30 heavy (non-hydrogen) atoms. The Kier molecular flexibility index (Phi) is 5.14. The van der Waals surface area contributed by atoms with Crippen molar-refractivity contribution in [1.82, 2.24) is 5.32 Å². The Hall–Kier alpha value is -3.80. The maximum atomic E-state index is 13.5. The number of nitrogens with one attached hydrogen (secondary N) is 1. The fraction of sp³-hybridized carbons (Fsp3) is 0.0833. The second-order valence-corrected chi connectivity index (χ2v) is 6.99. The predicted molar refractivity (Wildman–Crippen MR) is 110 cm³/mol. The molecule has 0 unspecified atom stereocenters. The van der Waals surface area contributed by atoms with Crippen LogP contribution in [0, 0.1) is 11.6 Å². The summed E-state index contributed by atoms with van der Waals surface area (Å²) in [5, 5.41) is 15.9. The maximum Gasteiger partial charge on any atom is 0.326 e. The lowest BCUT2D eigenvalue weighted by atomic mass is 9.92. The zero-order valence-corrected chi connectivity index (χ0v) is 15.7. The average Bonchev–Trinajstić information content (AvgIpc) is 2.74. The third-order valence-corrected chi connectivity index (χ3v) is 5.08. The lowest BCUT2D eigenvalue weighted by Crippen LogP contribution is -2.42. The third kappa shape index (κ3) is 3.72. The smallest absolute Gasteiger partial charge is 0.326 e. The van der Waals surface area contributed by atoms with Gasteiger partial charge in [0.15, 0.2) is 11.6 Å². The van der Waals surface area contributed by atoms with Gasteiger partial charge < -0.3 is 10.4 Å². The average molecular weight is 405 g/mol. The Morgan fingerprint density at radius 1 is 0.833 bits per heavy atom. The van der Waals surface area contributed by atoms with Crippen LogP contribution in [0.25, 0.3) is 21.5 Å². The lowest BCUT2D eigenvalue weighted by Gasteiger charge is -2.18. The first-order valence-electron chi connectivity index (χ1n) is 9.32. The summed E-state index contributed by atoms with van der Waals surface area (Å²) in [6, 6.07) is 18.7. The minimum atomic E-state index is -1.25. The van der Waals surface area contributed by atoms with Gasteiger partial charge in [-0.1, -0.05) is 48.5 Å². The molecule has 0 fully saturated rings. The monoisotopic (exact) mass is 405 g/mol. The van der Waals surface area contributed by atoms with Crippen molar-refractivity contribution in [2.75, 3.05) is 0 Å². The molecule has 0 aromatic heterocycles. The molecule has 0 heterocycles. The minimum absolute atomic E-state index is 0.0343. The van der Waals surface area contributed by atoms with E-state index < -0.39 is 29.6 Å². The molecule has 0 spiro atoms. The third-order valence-electron chi connectivity index (χ3n) is 5.08. The highest BCUT2D eigenvalue weighted by Gasteiger charge is 2.23. The number of carboxylic acids is 1. The number of carbonyl (C=O) groups is 2. The summed E-state index contributed by atoms with van der Waals surface area (Å²) in [6.07, 6.45) is 0.0343. The highest BCUT2D eigenvalue weighted by Crippen LogP contribution is 2.29. The van der Waals surface area contributed by atoms with E-state index in [1.54, 1.807) is 0 Å². The van der Waals surface area contributed by atoms with Gasteiger partial charge in [0.1, 0.15) is 6.04 Å². The summed E-state index contributed by atoms with van der Waals surface area (Å²) in [7, 11) is 0. The molecule has 0 bridgehead atoms. The lowest BCUT2D eigenvalue weighted by molar-refractivity contribution is -0.139. The van der Waals surface area contributed by atoms with Crippen molar-refractivity contribution in [2.24, 2.45) is 0 Å². The number of aliphatic carboxylic acids is 1. The number of halogens is 2. The van der Waals surface area contributed by atoms with E-state index in [0.717, 1.165) is 45.3 Å². The van der Waals surface area contributed by atoms with Gasteiger partial charge in [-0.3, -0.25) is 4.79 Å². The molecular weight excluding hydrogens is 388 g/mol. The van der Waals surface area contributed by atoms with Crippen LogP contribution in [0.4, 0.5) is 8.78 Å². The molecule has 150 valence electrons. The minimum Gasteiger partial charge on any atom is -0.480 e. The van der Waals surface area contributed by atoms with E-state index in [2.05, 4.69) is 5.32 Å². The second kappa shape index (κ2) is 7.91. The van der Waals surface area contributed by atoms with Crippen molar-refractivity contribution in [1.29, 1.82) is 0 Å². The first-order chi connectivity index (χ1) is 14.4. The van der Waals surface area contributed by atoms with Gasteiger partial charge in [0.2, 0.25) is 0 Å². The van der Waals surface area contributed by atoms with E-state index in [0.29, 0.717) is 0 Å². The largest absolute Gasteiger partial charge is 0.480 e. The van der Waals surface area contributed by atoms with Crippen LogP contribution in [0.5, 0.6) is 0 Å². The van der Waals surface area contributed by atoms with Crippen molar-refractivity contribution in [3.05, 3.63) is 95.6 Å². The van der Waals surface area contributed by atoms with Crippen molar-refractivity contribution >= 4 is 33.4 Å². The molecule has 0 aliphatic carbocycles. The van der Waals surface area contributed by atoms with Crippen LogP contribution in [-0.4, -0.2) is 23.0 Å². The van der Waals surface area contributed by atoms with Gasteiger partial charge in [0.25, 0.3) is 5.91 Å². The van der Waals surface area contributed by atoms with Crippen molar-refractivity contribution < 1.29 is 23.5 Å². The molecule has 0 radical (unpaired) electrons. The molecule has 0 aliphatic heterocycles. The second-order valence-electron chi connectivity index (χ2n) is 6.99. The van der Waals surface area contributed by atoms with E-state index in [1.807, 2.05) is 54.6 Å². The highest BCUT2D eigenvalue weighted by molar-refractivity contribution is 6.03. The van der Waals surface area contributed by atoms with Crippen LogP contribution in [0.1, 0.15) is 15.9 Å². The molecule has 6 heteroatoms. The summed E-state index contributed by atoms with van der Waals surface area (Å²) in [5.74, 6) is -4.26. The maximum absolute atomic E-state index is 13.5. The van der Waals surface area contributed by atoms with Crippen molar-refractivity contribution in [3.63, 3.8) is 0 Å². The Morgan fingerprint density at radius 3 is 2.00 bits per heavy atom. The topological polar surface area (TPSA) is 66.4 Å². The Labute approximate surface area is 170 Å².